The van der Waals surface area contributed by atoms with Crippen LogP contribution in [-0.4, -0.2) is 27.4 Å². The fraction of sp³-hybridized carbons (Fsp3) is 0.400. The van der Waals surface area contributed by atoms with E-state index in [1.165, 1.54) is 28.7 Å². The highest BCUT2D eigenvalue weighted by Crippen LogP contribution is 2.35. The molecular formula is C15H17N3OS2. The molecule has 2 aromatic rings. The Morgan fingerprint density at radius 1 is 1.43 bits per heavy atom. The molecule has 2 atom stereocenters. The van der Waals surface area contributed by atoms with Crippen LogP contribution in [0.25, 0.3) is 0 Å². The maximum Gasteiger partial charge on any atom is 0.240 e. The van der Waals surface area contributed by atoms with E-state index in [2.05, 4.69) is 23.2 Å². The number of para-hydroxylation sites is 1. The van der Waals surface area contributed by atoms with Crippen molar-refractivity contribution < 1.29 is 4.79 Å². The molecule has 1 aliphatic heterocycles. The smallest absolute Gasteiger partial charge is 0.240 e. The Balaban J connectivity index is 1.78. The van der Waals surface area contributed by atoms with Crippen LogP contribution < -0.4 is 4.90 Å². The monoisotopic (exact) mass is 319 g/mol. The lowest BCUT2D eigenvalue weighted by Gasteiger charge is -2.25. The summed E-state index contributed by atoms with van der Waals surface area (Å²) in [6, 6.07) is 8.37. The van der Waals surface area contributed by atoms with E-state index in [-0.39, 0.29) is 17.2 Å². The number of amides is 1. The third-order valence-corrected chi connectivity index (χ3v) is 5.59. The number of aryl methyl sites for hydroxylation is 1. The van der Waals surface area contributed by atoms with Crippen LogP contribution in [0, 0.1) is 6.92 Å². The van der Waals surface area contributed by atoms with Crippen LogP contribution in [-0.2, 0) is 11.2 Å². The van der Waals surface area contributed by atoms with Gasteiger partial charge in [0.1, 0.15) is 5.01 Å². The molecule has 0 fully saturated rings. The van der Waals surface area contributed by atoms with Gasteiger partial charge in [0.15, 0.2) is 4.34 Å². The molecule has 6 heteroatoms. The molecule has 0 aliphatic carbocycles. The van der Waals surface area contributed by atoms with Crippen LogP contribution in [0.1, 0.15) is 24.4 Å². The van der Waals surface area contributed by atoms with E-state index in [1.807, 2.05) is 36.9 Å². The lowest BCUT2D eigenvalue weighted by atomic mass is 10.1. The molecule has 1 aromatic carbocycles. The highest BCUT2D eigenvalue weighted by molar-refractivity contribution is 8.02. The number of carbonyl (C=O) groups excluding carboxylic acids is 1. The Morgan fingerprint density at radius 2 is 2.19 bits per heavy atom. The Kier molecular flexibility index (Phi) is 3.99. The number of hydrogen-bond acceptors (Lipinski definition) is 5. The second-order valence-electron chi connectivity index (χ2n) is 5.24. The second-order valence-corrected chi connectivity index (χ2v) is 8.01. The van der Waals surface area contributed by atoms with Gasteiger partial charge >= 0.3 is 0 Å². The van der Waals surface area contributed by atoms with Crippen molar-refractivity contribution in [3.63, 3.8) is 0 Å². The van der Waals surface area contributed by atoms with Gasteiger partial charge in [0, 0.05) is 11.7 Å². The lowest BCUT2D eigenvalue weighted by molar-refractivity contribution is -0.118. The molecule has 0 N–H and O–H groups in total. The number of thioether (sulfide) groups is 1. The van der Waals surface area contributed by atoms with E-state index < -0.39 is 0 Å². The summed E-state index contributed by atoms with van der Waals surface area (Å²) in [6.07, 6.45) is 0.928. The van der Waals surface area contributed by atoms with Crippen molar-refractivity contribution in [2.45, 2.75) is 42.8 Å². The fourth-order valence-corrected chi connectivity index (χ4v) is 4.63. The van der Waals surface area contributed by atoms with Gasteiger partial charge in [0.25, 0.3) is 0 Å². The quantitative estimate of drug-likeness (QED) is 0.814. The zero-order valence-electron chi connectivity index (χ0n) is 12.2. The van der Waals surface area contributed by atoms with E-state index in [0.717, 1.165) is 21.5 Å². The summed E-state index contributed by atoms with van der Waals surface area (Å²) in [6.45, 7) is 5.97. The second kappa shape index (κ2) is 5.77. The minimum atomic E-state index is -0.161. The van der Waals surface area contributed by atoms with Crippen LogP contribution in [0.5, 0.6) is 0 Å². The molecule has 110 valence electrons. The van der Waals surface area contributed by atoms with Gasteiger partial charge in [-0.05, 0) is 38.8 Å². The minimum Gasteiger partial charge on any atom is -0.308 e. The molecule has 2 unspecified atom stereocenters. The molecule has 3 rings (SSSR count). The van der Waals surface area contributed by atoms with E-state index >= 15 is 0 Å². The first-order chi connectivity index (χ1) is 10.1. The number of carbonyl (C=O) groups is 1. The minimum absolute atomic E-state index is 0.144. The van der Waals surface area contributed by atoms with Gasteiger partial charge in [0.05, 0.1) is 5.25 Å². The maximum absolute atomic E-state index is 12.8. The molecule has 0 saturated heterocycles. The number of aromatic nitrogens is 2. The predicted molar refractivity (Wildman–Crippen MR) is 87.1 cm³/mol. The summed E-state index contributed by atoms with van der Waals surface area (Å²) in [7, 11) is 0. The van der Waals surface area contributed by atoms with Gasteiger partial charge in [-0.2, -0.15) is 0 Å². The van der Waals surface area contributed by atoms with Gasteiger partial charge in [-0.1, -0.05) is 41.3 Å². The Morgan fingerprint density at radius 3 is 2.90 bits per heavy atom. The van der Waals surface area contributed by atoms with Crippen molar-refractivity contribution in [1.82, 2.24) is 10.2 Å². The maximum atomic E-state index is 12.8. The number of benzene rings is 1. The lowest BCUT2D eigenvalue weighted by Crippen LogP contribution is -2.40. The van der Waals surface area contributed by atoms with Crippen molar-refractivity contribution in [1.29, 1.82) is 0 Å². The van der Waals surface area contributed by atoms with E-state index in [4.69, 9.17) is 0 Å². The topological polar surface area (TPSA) is 46.1 Å². The zero-order valence-corrected chi connectivity index (χ0v) is 13.9. The molecule has 1 amide bonds. The van der Waals surface area contributed by atoms with Crippen molar-refractivity contribution in [2.24, 2.45) is 0 Å². The van der Waals surface area contributed by atoms with Crippen molar-refractivity contribution in [3.05, 3.63) is 34.8 Å². The van der Waals surface area contributed by atoms with E-state index in [0.29, 0.717) is 0 Å². The van der Waals surface area contributed by atoms with E-state index in [1.54, 1.807) is 0 Å². The van der Waals surface area contributed by atoms with Crippen LogP contribution in [0.3, 0.4) is 0 Å². The summed E-state index contributed by atoms with van der Waals surface area (Å²) >= 11 is 3.02. The Hall–Kier alpha value is -1.40. The summed E-state index contributed by atoms with van der Waals surface area (Å²) < 4.78 is 0.855. The average molecular weight is 319 g/mol. The molecule has 0 radical (unpaired) electrons. The number of rotatable bonds is 3. The molecule has 0 spiro atoms. The van der Waals surface area contributed by atoms with Crippen molar-refractivity contribution in [2.75, 3.05) is 4.90 Å². The molecule has 0 saturated carbocycles. The highest BCUT2D eigenvalue weighted by Gasteiger charge is 2.33. The molecule has 21 heavy (non-hydrogen) atoms. The fourth-order valence-electron chi connectivity index (χ4n) is 2.62. The molecule has 0 bridgehead atoms. The summed E-state index contributed by atoms with van der Waals surface area (Å²) in [5.41, 5.74) is 2.30. The van der Waals surface area contributed by atoms with Crippen molar-refractivity contribution in [3.8, 4) is 0 Å². The van der Waals surface area contributed by atoms with Gasteiger partial charge in [-0.15, -0.1) is 10.2 Å². The van der Waals surface area contributed by atoms with Gasteiger partial charge < -0.3 is 4.90 Å². The third-order valence-electron chi connectivity index (χ3n) is 3.58. The largest absolute Gasteiger partial charge is 0.308 e. The standard InChI is InChI=1S/C15H17N3OS2/c1-9-8-12-6-4-5-7-13(12)18(9)14(19)10(2)20-15-17-16-11(3)21-15/h4-7,9-10H,8H2,1-3H3. The normalized spacial score (nSPS) is 18.6. The van der Waals surface area contributed by atoms with Crippen LogP contribution >= 0.6 is 23.1 Å². The summed E-state index contributed by atoms with van der Waals surface area (Å²) in [5, 5.41) is 8.86. The SMILES string of the molecule is Cc1nnc(SC(C)C(=O)N2c3ccccc3CC2C)s1. The Bertz CT molecular complexity index is 670. The number of fused-ring (bicyclic) bond motifs is 1. The van der Waals surface area contributed by atoms with Crippen LogP contribution in [0.2, 0.25) is 0 Å². The third kappa shape index (κ3) is 2.82. The number of anilines is 1. The van der Waals surface area contributed by atoms with Gasteiger partial charge in [-0.25, -0.2) is 0 Å². The first kappa shape index (κ1) is 14.5. The van der Waals surface area contributed by atoms with Crippen LogP contribution in [0.15, 0.2) is 28.6 Å². The predicted octanol–water partition coefficient (Wildman–Crippen LogP) is 3.30. The summed E-state index contributed by atoms with van der Waals surface area (Å²) in [5.74, 6) is 0.144. The first-order valence-corrected chi connectivity index (χ1v) is 8.63. The average Bonchev–Trinajstić information content (AvgIpc) is 3.00. The first-order valence-electron chi connectivity index (χ1n) is 6.94. The number of nitrogens with zero attached hydrogens (tertiary/aromatic N) is 3. The molecule has 2 heterocycles. The van der Waals surface area contributed by atoms with Gasteiger partial charge in [0.2, 0.25) is 5.91 Å². The molecular weight excluding hydrogens is 302 g/mol. The molecule has 1 aromatic heterocycles. The van der Waals surface area contributed by atoms with Crippen molar-refractivity contribution >= 4 is 34.7 Å². The van der Waals surface area contributed by atoms with E-state index in [9.17, 15) is 4.79 Å². The number of hydrogen-bond donors (Lipinski definition) is 0. The molecule has 1 aliphatic rings. The van der Waals surface area contributed by atoms with Crippen LogP contribution in [0.4, 0.5) is 5.69 Å². The highest BCUT2D eigenvalue weighted by atomic mass is 32.2. The zero-order chi connectivity index (χ0) is 15.0. The Labute approximate surface area is 132 Å². The summed E-state index contributed by atoms with van der Waals surface area (Å²) in [4.78, 5) is 14.7. The van der Waals surface area contributed by atoms with Gasteiger partial charge in [-0.3, -0.25) is 4.79 Å². The molecule has 4 nitrogen and oxygen atoms in total.